The Morgan fingerprint density at radius 1 is 0.900 bits per heavy atom. The van der Waals surface area contributed by atoms with E-state index in [1.807, 2.05) is 37.1 Å². The second kappa shape index (κ2) is 15.1. The minimum absolute atomic E-state index is 0.0883. The van der Waals surface area contributed by atoms with Crippen LogP contribution in [0.4, 0.5) is 0 Å². The molecular formula is C32H43N3O5. The molecule has 3 rings (SSSR count). The summed E-state index contributed by atoms with van der Waals surface area (Å²) in [5, 5.41) is 3.84. The molecular weight excluding hydrogens is 506 g/mol. The molecule has 2 aromatic carbocycles. The van der Waals surface area contributed by atoms with Crippen LogP contribution in [0.3, 0.4) is 0 Å². The smallest absolute Gasteiger partial charge is 0.262 e. The van der Waals surface area contributed by atoms with Crippen molar-refractivity contribution in [1.82, 2.24) is 14.8 Å². The Balaban J connectivity index is 1.60. The number of hydrogen-bond donors (Lipinski definition) is 1. The van der Waals surface area contributed by atoms with Crippen molar-refractivity contribution in [3.63, 3.8) is 0 Å². The summed E-state index contributed by atoms with van der Waals surface area (Å²) in [5.41, 5.74) is 2.80. The van der Waals surface area contributed by atoms with Crippen molar-refractivity contribution in [3.05, 3.63) is 59.3 Å². The van der Waals surface area contributed by atoms with E-state index >= 15 is 0 Å². The average molecular weight is 550 g/mol. The van der Waals surface area contributed by atoms with Crippen LogP contribution in [0.2, 0.25) is 0 Å². The Morgan fingerprint density at radius 2 is 1.57 bits per heavy atom. The molecule has 0 radical (unpaired) electrons. The number of carbonyl (C=O) groups excluding carboxylic acids is 3. The first-order valence-corrected chi connectivity index (χ1v) is 14.2. The molecule has 0 aliphatic rings. The molecule has 1 N–H and O–H groups in total. The van der Waals surface area contributed by atoms with Gasteiger partial charge in [0, 0.05) is 43.2 Å². The third-order valence-corrected chi connectivity index (χ3v) is 7.33. The second-order valence-corrected chi connectivity index (χ2v) is 10.2. The van der Waals surface area contributed by atoms with Gasteiger partial charge in [0.05, 0.1) is 26.2 Å². The molecule has 0 fully saturated rings. The van der Waals surface area contributed by atoms with Crippen LogP contribution >= 0.6 is 0 Å². The van der Waals surface area contributed by atoms with Crippen LogP contribution in [-0.4, -0.2) is 61.5 Å². The zero-order chi connectivity index (χ0) is 29.1. The van der Waals surface area contributed by atoms with E-state index in [4.69, 9.17) is 9.47 Å². The predicted molar refractivity (Wildman–Crippen MR) is 158 cm³/mol. The Kier molecular flexibility index (Phi) is 11.6. The summed E-state index contributed by atoms with van der Waals surface area (Å²) in [4.78, 5) is 40.4. The van der Waals surface area contributed by atoms with E-state index in [1.54, 1.807) is 43.1 Å². The first-order chi connectivity index (χ1) is 19.3. The van der Waals surface area contributed by atoms with Gasteiger partial charge in [0.1, 0.15) is 11.5 Å². The molecule has 0 unspecified atom stereocenters. The van der Waals surface area contributed by atoms with Gasteiger partial charge in [-0.05, 0) is 74.2 Å². The van der Waals surface area contributed by atoms with Gasteiger partial charge >= 0.3 is 0 Å². The van der Waals surface area contributed by atoms with Gasteiger partial charge < -0.3 is 19.7 Å². The maximum absolute atomic E-state index is 13.5. The highest BCUT2D eigenvalue weighted by Crippen LogP contribution is 2.31. The summed E-state index contributed by atoms with van der Waals surface area (Å²) in [6.45, 7) is 5.40. The fraction of sp³-hybridized carbons (Fsp3) is 0.469. The van der Waals surface area contributed by atoms with Gasteiger partial charge in [-0.3, -0.25) is 19.0 Å². The van der Waals surface area contributed by atoms with Crippen LogP contribution in [0.25, 0.3) is 10.9 Å². The zero-order valence-electron chi connectivity index (χ0n) is 24.5. The largest absolute Gasteiger partial charge is 0.497 e. The van der Waals surface area contributed by atoms with Crippen LogP contribution in [0.1, 0.15) is 73.5 Å². The minimum Gasteiger partial charge on any atom is -0.497 e. The number of nitrogens with zero attached hydrogens (tertiary/aromatic N) is 2. The number of rotatable bonds is 15. The number of hydrogen-bond acceptors (Lipinski definition) is 5. The molecule has 8 heteroatoms. The monoisotopic (exact) mass is 549 g/mol. The number of aromatic nitrogens is 1. The van der Waals surface area contributed by atoms with Crippen LogP contribution in [0.15, 0.2) is 42.5 Å². The summed E-state index contributed by atoms with van der Waals surface area (Å²) in [7, 11) is 5.06. The highest BCUT2D eigenvalue weighted by molar-refractivity contribution is 6.05. The van der Waals surface area contributed by atoms with E-state index in [2.05, 4.69) is 12.2 Å². The zero-order valence-corrected chi connectivity index (χ0v) is 24.5. The number of carbonyl (C=O) groups is 3. The quantitative estimate of drug-likeness (QED) is 0.252. The SMILES string of the molecule is CCCCN(C)C(=O)CCCCCCNC(=O)Cc1c(C)n(C(=O)c2ccc(OC)cc2)c2ccc(OC)cc12. The van der Waals surface area contributed by atoms with Crippen molar-refractivity contribution in [2.24, 2.45) is 0 Å². The van der Waals surface area contributed by atoms with Crippen LogP contribution in [0.5, 0.6) is 11.5 Å². The highest BCUT2D eigenvalue weighted by atomic mass is 16.5. The molecule has 216 valence electrons. The molecule has 0 aliphatic heterocycles. The fourth-order valence-electron chi connectivity index (χ4n) is 4.85. The van der Waals surface area contributed by atoms with Crippen molar-refractivity contribution in [3.8, 4) is 11.5 Å². The Bertz CT molecular complexity index is 1300. The van der Waals surface area contributed by atoms with Gasteiger partial charge in [0.25, 0.3) is 5.91 Å². The van der Waals surface area contributed by atoms with Gasteiger partial charge in [-0.1, -0.05) is 26.2 Å². The lowest BCUT2D eigenvalue weighted by Crippen LogP contribution is -2.27. The van der Waals surface area contributed by atoms with Crippen LogP contribution in [0, 0.1) is 6.92 Å². The maximum Gasteiger partial charge on any atom is 0.262 e. The highest BCUT2D eigenvalue weighted by Gasteiger charge is 2.22. The van der Waals surface area contributed by atoms with Crippen LogP contribution in [-0.2, 0) is 16.0 Å². The summed E-state index contributed by atoms with van der Waals surface area (Å²) in [6, 6.07) is 12.6. The third-order valence-electron chi connectivity index (χ3n) is 7.33. The lowest BCUT2D eigenvalue weighted by molar-refractivity contribution is -0.130. The second-order valence-electron chi connectivity index (χ2n) is 10.2. The number of methoxy groups -OCH3 is 2. The van der Waals surface area contributed by atoms with E-state index in [0.29, 0.717) is 30.0 Å². The fourth-order valence-corrected chi connectivity index (χ4v) is 4.85. The Labute approximate surface area is 237 Å². The van der Waals surface area contributed by atoms with E-state index in [0.717, 1.165) is 67.2 Å². The van der Waals surface area contributed by atoms with Gasteiger partial charge in [-0.2, -0.15) is 0 Å². The molecule has 0 atom stereocenters. The molecule has 2 amide bonds. The molecule has 3 aromatic rings. The normalized spacial score (nSPS) is 10.9. The van der Waals surface area contributed by atoms with Gasteiger partial charge in [-0.15, -0.1) is 0 Å². The van der Waals surface area contributed by atoms with Gasteiger partial charge in [-0.25, -0.2) is 0 Å². The van der Waals surface area contributed by atoms with Gasteiger partial charge in [0.15, 0.2) is 0 Å². The standard InChI is InChI=1S/C32H43N3O5/c1-6-7-20-34(3)31(37)12-10-8-9-11-19-33-30(36)22-27-23(2)35(29-18-17-26(40-5)21-28(27)29)32(38)24-13-15-25(39-4)16-14-24/h13-18,21H,6-12,19-20,22H2,1-5H3,(H,33,36). The number of benzene rings is 2. The minimum atomic E-state index is -0.169. The van der Waals surface area contributed by atoms with E-state index < -0.39 is 0 Å². The summed E-state index contributed by atoms with van der Waals surface area (Å²) in [5.74, 6) is 1.29. The number of amides is 2. The Hall–Kier alpha value is -3.81. The molecule has 40 heavy (non-hydrogen) atoms. The maximum atomic E-state index is 13.5. The predicted octanol–water partition coefficient (Wildman–Crippen LogP) is 5.52. The van der Waals surface area contributed by atoms with E-state index in [9.17, 15) is 14.4 Å². The first-order valence-electron chi connectivity index (χ1n) is 14.2. The lowest BCUT2D eigenvalue weighted by atomic mass is 10.1. The van der Waals surface area contributed by atoms with Crippen molar-refractivity contribution in [2.75, 3.05) is 34.4 Å². The molecule has 0 aliphatic carbocycles. The molecule has 0 saturated heterocycles. The first kappa shape index (κ1) is 30.7. The van der Waals surface area contributed by atoms with Crippen molar-refractivity contribution in [2.45, 2.75) is 65.2 Å². The molecule has 8 nitrogen and oxygen atoms in total. The van der Waals surface area contributed by atoms with Crippen molar-refractivity contribution < 1.29 is 23.9 Å². The van der Waals surface area contributed by atoms with Crippen molar-refractivity contribution >= 4 is 28.6 Å². The third kappa shape index (κ3) is 7.87. The number of unbranched alkanes of at least 4 members (excludes halogenated alkanes) is 4. The molecule has 0 bridgehead atoms. The van der Waals surface area contributed by atoms with E-state index in [-0.39, 0.29) is 24.1 Å². The molecule has 1 aromatic heterocycles. The molecule has 0 spiro atoms. The van der Waals surface area contributed by atoms with Crippen molar-refractivity contribution in [1.29, 1.82) is 0 Å². The number of ether oxygens (including phenoxy) is 2. The molecule has 1 heterocycles. The average Bonchev–Trinajstić information content (AvgIpc) is 3.24. The summed E-state index contributed by atoms with van der Waals surface area (Å²) in [6.07, 6.45) is 6.50. The summed E-state index contributed by atoms with van der Waals surface area (Å²) < 4.78 is 12.3. The topological polar surface area (TPSA) is 89.9 Å². The Morgan fingerprint density at radius 3 is 2.25 bits per heavy atom. The summed E-state index contributed by atoms with van der Waals surface area (Å²) >= 11 is 0. The number of nitrogens with one attached hydrogen (secondary N) is 1. The lowest BCUT2D eigenvalue weighted by Gasteiger charge is -2.16. The molecule has 0 saturated carbocycles. The van der Waals surface area contributed by atoms with E-state index in [1.165, 1.54) is 0 Å². The number of fused-ring (bicyclic) bond motifs is 1. The van der Waals surface area contributed by atoms with Gasteiger partial charge in [0.2, 0.25) is 11.8 Å². The van der Waals surface area contributed by atoms with Crippen LogP contribution < -0.4 is 14.8 Å².